The molecule has 0 saturated carbocycles. The molecule has 1 aliphatic carbocycles. The van der Waals surface area contributed by atoms with Gasteiger partial charge in [0.05, 0.1) is 0 Å². The standard InChI is InChI=1S/C27H24N2O5/c30-24(31)15-8-16-28-26(32)25(18-9-2-1-3-10-18)29-27(33)34-17-23-21-13-6-4-11-19(21)20-12-5-7-14-22(20)23/h1-15,23,25H,16-17H2,(H,28,32)(H,29,33)(H,30,31)/b15-8+/t25-/m0/s1. The number of nitrogens with one attached hydrogen (secondary N) is 2. The summed E-state index contributed by atoms with van der Waals surface area (Å²) in [6.45, 7) is 0.144. The molecule has 172 valence electrons. The molecule has 0 unspecified atom stereocenters. The molecule has 0 fully saturated rings. The molecule has 1 aliphatic rings. The molecule has 0 aliphatic heterocycles. The Morgan fingerprint density at radius 1 is 0.882 bits per heavy atom. The fourth-order valence-electron chi connectivity index (χ4n) is 4.12. The molecule has 0 spiro atoms. The quantitative estimate of drug-likeness (QED) is 0.444. The number of amides is 2. The molecule has 1 atom stereocenters. The van der Waals surface area contributed by atoms with Crippen LogP contribution >= 0.6 is 0 Å². The second-order valence-electron chi connectivity index (χ2n) is 7.80. The number of hydrogen-bond acceptors (Lipinski definition) is 4. The van der Waals surface area contributed by atoms with E-state index >= 15 is 0 Å². The van der Waals surface area contributed by atoms with Gasteiger partial charge in [-0.2, -0.15) is 0 Å². The van der Waals surface area contributed by atoms with E-state index in [-0.39, 0.29) is 19.1 Å². The number of aliphatic carboxylic acids is 1. The van der Waals surface area contributed by atoms with Crippen LogP contribution in [0.25, 0.3) is 11.1 Å². The Bertz CT molecular complexity index is 1180. The number of benzene rings is 3. The van der Waals surface area contributed by atoms with Crippen molar-refractivity contribution in [2.75, 3.05) is 13.2 Å². The van der Waals surface area contributed by atoms with Crippen molar-refractivity contribution < 1.29 is 24.2 Å². The fourth-order valence-corrected chi connectivity index (χ4v) is 4.12. The molecule has 3 N–H and O–H groups in total. The molecule has 3 aromatic carbocycles. The zero-order chi connectivity index (χ0) is 23.9. The van der Waals surface area contributed by atoms with Crippen LogP contribution in [0.2, 0.25) is 0 Å². The average Bonchev–Trinajstić information content (AvgIpc) is 3.18. The summed E-state index contributed by atoms with van der Waals surface area (Å²) in [5.74, 6) is -1.68. The Kier molecular flexibility index (Phi) is 7.03. The molecule has 34 heavy (non-hydrogen) atoms. The molecule has 7 nitrogen and oxygen atoms in total. The van der Waals surface area contributed by atoms with Gasteiger partial charge in [0.1, 0.15) is 12.6 Å². The molecule has 3 aromatic rings. The van der Waals surface area contributed by atoms with Crippen LogP contribution in [-0.2, 0) is 14.3 Å². The third-order valence-electron chi connectivity index (χ3n) is 5.66. The predicted molar refractivity (Wildman–Crippen MR) is 127 cm³/mol. The van der Waals surface area contributed by atoms with E-state index in [4.69, 9.17) is 9.84 Å². The molecular weight excluding hydrogens is 432 g/mol. The highest BCUT2D eigenvalue weighted by atomic mass is 16.5. The van der Waals surface area contributed by atoms with Crippen molar-refractivity contribution >= 4 is 18.0 Å². The van der Waals surface area contributed by atoms with Gasteiger partial charge in [-0.1, -0.05) is 84.9 Å². The van der Waals surface area contributed by atoms with Gasteiger partial charge in [-0.3, -0.25) is 4.79 Å². The first-order valence-corrected chi connectivity index (χ1v) is 10.9. The lowest BCUT2D eigenvalue weighted by Crippen LogP contribution is -2.41. The molecule has 0 heterocycles. The van der Waals surface area contributed by atoms with Crippen LogP contribution < -0.4 is 10.6 Å². The third-order valence-corrected chi connectivity index (χ3v) is 5.66. The minimum atomic E-state index is -1.11. The maximum absolute atomic E-state index is 12.7. The SMILES string of the molecule is O=C(O)/C=C/CNC(=O)[C@@H](NC(=O)OCC1c2ccccc2-c2ccccc21)c1ccccc1. The second kappa shape index (κ2) is 10.5. The van der Waals surface area contributed by atoms with Crippen LogP contribution in [0, 0.1) is 0 Å². The Hall–Kier alpha value is -4.39. The summed E-state index contributed by atoms with van der Waals surface area (Å²) in [6.07, 6.45) is 1.54. The van der Waals surface area contributed by atoms with Gasteiger partial charge in [0.2, 0.25) is 5.91 Å². The number of fused-ring (bicyclic) bond motifs is 3. The number of hydrogen-bond donors (Lipinski definition) is 3. The molecule has 0 saturated heterocycles. The molecule has 0 radical (unpaired) electrons. The van der Waals surface area contributed by atoms with Gasteiger partial charge in [-0.25, -0.2) is 9.59 Å². The fraction of sp³-hybridized carbons (Fsp3) is 0.148. The van der Waals surface area contributed by atoms with Gasteiger partial charge >= 0.3 is 12.1 Å². The van der Waals surface area contributed by atoms with Crippen LogP contribution in [0.5, 0.6) is 0 Å². The van der Waals surface area contributed by atoms with Crippen LogP contribution in [0.15, 0.2) is 91.0 Å². The molecular formula is C27H24N2O5. The number of carboxylic acids is 1. The normalized spacial score (nSPS) is 13.1. The van der Waals surface area contributed by atoms with Crippen LogP contribution in [0.4, 0.5) is 4.79 Å². The second-order valence-corrected chi connectivity index (χ2v) is 7.80. The monoisotopic (exact) mass is 456 g/mol. The van der Waals surface area contributed by atoms with Gasteiger partial charge in [0.25, 0.3) is 0 Å². The van der Waals surface area contributed by atoms with E-state index in [0.717, 1.165) is 28.3 Å². The zero-order valence-corrected chi connectivity index (χ0v) is 18.3. The van der Waals surface area contributed by atoms with Gasteiger partial charge in [-0.15, -0.1) is 0 Å². The highest BCUT2D eigenvalue weighted by Crippen LogP contribution is 2.44. The minimum Gasteiger partial charge on any atom is -0.478 e. The van der Waals surface area contributed by atoms with E-state index in [9.17, 15) is 14.4 Å². The van der Waals surface area contributed by atoms with E-state index in [1.165, 1.54) is 6.08 Å². The lowest BCUT2D eigenvalue weighted by Gasteiger charge is -2.20. The lowest BCUT2D eigenvalue weighted by molar-refractivity contribution is -0.131. The average molecular weight is 456 g/mol. The zero-order valence-electron chi connectivity index (χ0n) is 18.3. The number of ether oxygens (including phenoxy) is 1. The minimum absolute atomic E-state index is 0.0147. The summed E-state index contributed by atoms with van der Waals surface area (Å²) in [5.41, 5.74) is 5.03. The van der Waals surface area contributed by atoms with Crippen molar-refractivity contribution in [3.8, 4) is 11.1 Å². The molecule has 2 amide bonds. The van der Waals surface area contributed by atoms with E-state index in [1.54, 1.807) is 30.3 Å². The maximum atomic E-state index is 12.7. The highest BCUT2D eigenvalue weighted by molar-refractivity contribution is 5.87. The van der Waals surface area contributed by atoms with E-state index < -0.39 is 24.0 Å². The van der Waals surface area contributed by atoms with Gasteiger partial charge in [0.15, 0.2) is 0 Å². The summed E-state index contributed by atoms with van der Waals surface area (Å²) in [7, 11) is 0. The number of carbonyl (C=O) groups excluding carboxylic acids is 2. The topological polar surface area (TPSA) is 105 Å². The molecule has 0 aromatic heterocycles. The van der Waals surface area contributed by atoms with Crippen molar-refractivity contribution in [1.82, 2.24) is 10.6 Å². The van der Waals surface area contributed by atoms with Crippen molar-refractivity contribution in [3.05, 3.63) is 108 Å². The lowest BCUT2D eigenvalue weighted by atomic mass is 9.98. The summed E-state index contributed by atoms with van der Waals surface area (Å²) < 4.78 is 5.58. The maximum Gasteiger partial charge on any atom is 0.408 e. The Balaban J connectivity index is 1.44. The first kappa shape index (κ1) is 22.8. The van der Waals surface area contributed by atoms with Crippen molar-refractivity contribution in [1.29, 1.82) is 0 Å². The molecule has 0 bridgehead atoms. The highest BCUT2D eigenvalue weighted by Gasteiger charge is 2.30. The van der Waals surface area contributed by atoms with Crippen LogP contribution in [-0.4, -0.2) is 36.2 Å². The van der Waals surface area contributed by atoms with E-state index in [1.807, 2.05) is 36.4 Å². The number of carboxylic acid groups (broad SMARTS) is 1. The van der Waals surface area contributed by atoms with Crippen LogP contribution in [0.1, 0.15) is 28.7 Å². The van der Waals surface area contributed by atoms with Crippen molar-refractivity contribution in [2.24, 2.45) is 0 Å². The van der Waals surface area contributed by atoms with Gasteiger partial charge in [-0.05, 0) is 27.8 Å². The summed E-state index contributed by atoms with van der Waals surface area (Å²) in [4.78, 5) is 36.1. The Morgan fingerprint density at radius 3 is 2.09 bits per heavy atom. The summed E-state index contributed by atoms with van der Waals surface area (Å²) in [5, 5.41) is 13.9. The Morgan fingerprint density at radius 2 is 1.47 bits per heavy atom. The largest absolute Gasteiger partial charge is 0.478 e. The smallest absolute Gasteiger partial charge is 0.408 e. The van der Waals surface area contributed by atoms with Crippen molar-refractivity contribution in [2.45, 2.75) is 12.0 Å². The summed E-state index contributed by atoms with van der Waals surface area (Å²) in [6, 6.07) is 23.9. The number of alkyl carbamates (subject to hydrolysis) is 1. The third kappa shape index (κ3) is 5.15. The first-order valence-electron chi connectivity index (χ1n) is 10.9. The molecule has 7 heteroatoms. The number of carbonyl (C=O) groups is 3. The molecule has 4 rings (SSSR count). The van der Waals surface area contributed by atoms with Crippen LogP contribution in [0.3, 0.4) is 0 Å². The number of rotatable bonds is 8. The van der Waals surface area contributed by atoms with E-state index in [0.29, 0.717) is 5.56 Å². The van der Waals surface area contributed by atoms with Gasteiger partial charge < -0.3 is 20.5 Å². The first-order chi connectivity index (χ1) is 16.5. The summed E-state index contributed by atoms with van der Waals surface area (Å²) >= 11 is 0. The predicted octanol–water partition coefficient (Wildman–Crippen LogP) is 4.02. The Labute approximate surface area is 197 Å². The van der Waals surface area contributed by atoms with E-state index in [2.05, 4.69) is 22.8 Å². The van der Waals surface area contributed by atoms with Crippen molar-refractivity contribution in [3.63, 3.8) is 0 Å². The van der Waals surface area contributed by atoms with Gasteiger partial charge in [0, 0.05) is 18.5 Å².